The third kappa shape index (κ3) is 2.50. The van der Waals surface area contributed by atoms with Gasteiger partial charge in [0.25, 0.3) is 5.69 Å². The van der Waals surface area contributed by atoms with Crippen molar-refractivity contribution in [3.05, 3.63) is 57.0 Å². The molecule has 0 saturated heterocycles. The quantitative estimate of drug-likeness (QED) is 0.366. The molecule has 1 aromatic carbocycles. The molecule has 98 valence electrons. The number of aromatic nitrogens is 1. The molecule has 2 aromatic rings. The highest BCUT2D eigenvalue weighted by Crippen LogP contribution is 2.32. The molecule has 0 aliphatic rings. The highest BCUT2D eigenvalue weighted by atomic mass is 35.5. The second-order valence-electron chi connectivity index (χ2n) is 3.50. The second kappa shape index (κ2) is 4.85. The Bertz CT molecular complexity index is 679. The SMILES string of the molecule is O=[N+]([O-])c1ccc(Cl)nc1-c1cc(F)c(F)cc1F. The van der Waals surface area contributed by atoms with Crippen molar-refractivity contribution in [3.8, 4) is 11.3 Å². The highest BCUT2D eigenvalue weighted by molar-refractivity contribution is 6.29. The van der Waals surface area contributed by atoms with Crippen LogP contribution in [0.1, 0.15) is 0 Å². The van der Waals surface area contributed by atoms with E-state index in [2.05, 4.69) is 4.98 Å². The summed E-state index contributed by atoms with van der Waals surface area (Å²) in [5.74, 6) is -3.91. The zero-order valence-electron chi connectivity index (χ0n) is 9.03. The van der Waals surface area contributed by atoms with Crippen LogP contribution >= 0.6 is 11.6 Å². The molecular weight excluding hydrogens is 285 g/mol. The number of nitrogens with zero attached hydrogens (tertiary/aromatic N) is 2. The lowest BCUT2D eigenvalue weighted by Gasteiger charge is -2.05. The molecule has 0 radical (unpaired) electrons. The van der Waals surface area contributed by atoms with Crippen LogP contribution in [0.25, 0.3) is 11.3 Å². The van der Waals surface area contributed by atoms with Gasteiger partial charge >= 0.3 is 0 Å². The molecule has 0 amide bonds. The minimum atomic E-state index is -1.40. The van der Waals surface area contributed by atoms with E-state index >= 15 is 0 Å². The summed E-state index contributed by atoms with van der Waals surface area (Å²) in [6, 6.07) is 2.93. The maximum Gasteiger partial charge on any atom is 0.295 e. The fraction of sp³-hybridized carbons (Fsp3) is 0. The second-order valence-corrected chi connectivity index (χ2v) is 3.89. The van der Waals surface area contributed by atoms with E-state index in [4.69, 9.17) is 11.6 Å². The number of hydrogen-bond donors (Lipinski definition) is 0. The molecular formula is C11H4ClF3N2O2. The predicted octanol–water partition coefficient (Wildman–Crippen LogP) is 3.73. The fourth-order valence-corrected chi connectivity index (χ4v) is 1.63. The Kier molecular flexibility index (Phi) is 3.39. The van der Waals surface area contributed by atoms with E-state index in [9.17, 15) is 23.3 Å². The maximum absolute atomic E-state index is 13.6. The lowest BCUT2D eigenvalue weighted by atomic mass is 10.1. The Morgan fingerprint density at radius 1 is 1.11 bits per heavy atom. The van der Waals surface area contributed by atoms with Gasteiger partial charge in [-0.1, -0.05) is 11.6 Å². The van der Waals surface area contributed by atoms with Gasteiger partial charge in [-0.3, -0.25) is 10.1 Å². The summed E-state index contributed by atoms with van der Waals surface area (Å²) in [4.78, 5) is 13.6. The molecule has 0 unspecified atom stereocenters. The van der Waals surface area contributed by atoms with Crippen molar-refractivity contribution < 1.29 is 18.1 Å². The van der Waals surface area contributed by atoms with Crippen molar-refractivity contribution in [2.45, 2.75) is 0 Å². The minimum absolute atomic E-state index is 0.135. The largest absolute Gasteiger partial charge is 0.295 e. The van der Waals surface area contributed by atoms with E-state index in [0.29, 0.717) is 6.07 Å². The summed E-state index contributed by atoms with van der Waals surface area (Å²) in [6.45, 7) is 0. The van der Waals surface area contributed by atoms with Gasteiger partial charge in [0.15, 0.2) is 17.3 Å². The first kappa shape index (κ1) is 13.3. The molecule has 0 atom stereocenters. The van der Waals surface area contributed by atoms with Crippen molar-refractivity contribution in [2.24, 2.45) is 0 Å². The molecule has 0 spiro atoms. The summed E-state index contributed by atoms with van der Waals surface area (Å²) in [5.41, 5.74) is -1.56. The molecule has 1 heterocycles. The molecule has 0 N–H and O–H groups in total. The average molecular weight is 289 g/mol. The zero-order chi connectivity index (χ0) is 14.2. The smallest absolute Gasteiger partial charge is 0.258 e. The van der Waals surface area contributed by atoms with Crippen LogP contribution in [0, 0.1) is 27.6 Å². The summed E-state index contributed by atoms with van der Waals surface area (Å²) < 4.78 is 39.5. The molecule has 1 aromatic heterocycles. The van der Waals surface area contributed by atoms with Gasteiger partial charge < -0.3 is 0 Å². The van der Waals surface area contributed by atoms with E-state index in [0.717, 1.165) is 12.1 Å². The third-order valence-electron chi connectivity index (χ3n) is 2.30. The van der Waals surface area contributed by atoms with Crippen LogP contribution in [0.3, 0.4) is 0 Å². The summed E-state index contributed by atoms with van der Waals surface area (Å²) in [5, 5.41) is 10.7. The normalized spacial score (nSPS) is 10.5. The van der Waals surface area contributed by atoms with Gasteiger partial charge in [-0.05, 0) is 12.1 Å². The maximum atomic E-state index is 13.6. The minimum Gasteiger partial charge on any atom is -0.258 e. The Morgan fingerprint density at radius 2 is 1.74 bits per heavy atom. The Labute approximate surface area is 109 Å². The van der Waals surface area contributed by atoms with E-state index in [-0.39, 0.29) is 11.2 Å². The number of rotatable bonds is 2. The molecule has 0 aliphatic heterocycles. The van der Waals surface area contributed by atoms with Gasteiger partial charge in [0, 0.05) is 17.7 Å². The summed E-state index contributed by atoms with van der Waals surface area (Å²) in [7, 11) is 0. The zero-order valence-corrected chi connectivity index (χ0v) is 9.79. The van der Waals surface area contributed by atoms with Crippen LogP contribution < -0.4 is 0 Å². The number of halogens is 4. The Hall–Kier alpha value is -2.15. The van der Waals surface area contributed by atoms with Crippen LogP contribution in [-0.4, -0.2) is 9.91 Å². The first-order valence-electron chi connectivity index (χ1n) is 4.86. The Balaban J connectivity index is 2.74. The number of hydrogen-bond acceptors (Lipinski definition) is 3. The topological polar surface area (TPSA) is 56.0 Å². The molecule has 8 heteroatoms. The van der Waals surface area contributed by atoms with Crippen molar-refractivity contribution in [3.63, 3.8) is 0 Å². The fourth-order valence-electron chi connectivity index (χ4n) is 1.48. The lowest BCUT2D eigenvalue weighted by Crippen LogP contribution is -1.98. The predicted molar refractivity (Wildman–Crippen MR) is 61.2 cm³/mol. The monoisotopic (exact) mass is 288 g/mol. The standard InChI is InChI=1S/C11H4ClF3N2O2/c12-10-2-1-9(17(18)19)11(16-10)5-3-7(14)8(15)4-6(5)13/h1-4H. The van der Waals surface area contributed by atoms with Gasteiger partial charge in [0.2, 0.25) is 0 Å². The van der Waals surface area contributed by atoms with Crippen LogP contribution in [0.5, 0.6) is 0 Å². The van der Waals surface area contributed by atoms with Gasteiger partial charge in [-0.15, -0.1) is 0 Å². The lowest BCUT2D eigenvalue weighted by molar-refractivity contribution is -0.384. The number of benzene rings is 1. The van der Waals surface area contributed by atoms with Crippen molar-refractivity contribution >= 4 is 17.3 Å². The molecule has 0 saturated carbocycles. The van der Waals surface area contributed by atoms with E-state index in [1.54, 1.807) is 0 Å². The number of pyridine rings is 1. The van der Waals surface area contributed by atoms with Gasteiger partial charge in [-0.2, -0.15) is 0 Å². The van der Waals surface area contributed by atoms with Crippen molar-refractivity contribution in [1.82, 2.24) is 4.98 Å². The average Bonchev–Trinajstić information content (AvgIpc) is 2.33. The first-order valence-corrected chi connectivity index (χ1v) is 5.24. The van der Waals surface area contributed by atoms with Crippen LogP contribution in [0.2, 0.25) is 5.15 Å². The first-order chi connectivity index (χ1) is 8.90. The van der Waals surface area contributed by atoms with Crippen molar-refractivity contribution in [1.29, 1.82) is 0 Å². The van der Waals surface area contributed by atoms with Gasteiger partial charge in [-0.25, -0.2) is 18.2 Å². The van der Waals surface area contributed by atoms with Crippen molar-refractivity contribution in [2.75, 3.05) is 0 Å². The third-order valence-corrected chi connectivity index (χ3v) is 2.51. The molecule has 0 aliphatic carbocycles. The molecule has 4 nitrogen and oxygen atoms in total. The molecule has 19 heavy (non-hydrogen) atoms. The molecule has 2 rings (SSSR count). The summed E-state index contributed by atoms with van der Waals surface area (Å²) >= 11 is 5.57. The summed E-state index contributed by atoms with van der Waals surface area (Å²) in [6.07, 6.45) is 0. The molecule has 0 bridgehead atoms. The van der Waals surface area contributed by atoms with Crippen LogP contribution in [0.4, 0.5) is 18.9 Å². The van der Waals surface area contributed by atoms with E-state index in [1.165, 1.54) is 0 Å². The van der Waals surface area contributed by atoms with Gasteiger partial charge in [0.1, 0.15) is 11.0 Å². The number of nitro groups is 1. The Morgan fingerprint density at radius 3 is 2.37 bits per heavy atom. The van der Waals surface area contributed by atoms with E-state index < -0.39 is 39.3 Å². The van der Waals surface area contributed by atoms with Gasteiger partial charge in [0.05, 0.1) is 4.92 Å². The van der Waals surface area contributed by atoms with Crippen LogP contribution in [0.15, 0.2) is 24.3 Å². The van der Waals surface area contributed by atoms with E-state index in [1.807, 2.05) is 0 Å². The molecule has 0 fully saturated rings. The van der Waals surface area contributed by atoms with Crippen LogP contribution in [-0.2, 0) is 0 Å². The highest BCUT2D eigenvalue weighted by Gasteiger charge is 2.22.